The SMILES string of the molecule is CNCC1CC(OCc2cccc3ccccc23)C1. The average Bonchev–Trinajstić information content (AvgIpc) is 2.41. The second kappa shape index (κ2) is 5.72. The van der Waals surface area contributed by atoms with Gasteiger partial charge in [-0.05, 0) is 48.7 Å². The summed E-state index contributed by atoms with van der Waals surface area (Å²) in [5.74, 6) is 0.808. The summed E-state index contributed by atoms with van der Waals surface area (Å²) < 4.78 is 6.02. The molecule has 0 heterocycles. The fourth-order valence-electron chi connectivity index (χ4n) is 2.89. The summed E-state index contributed by atoms with van der Waals surface area (Å²) in [6.45, 7) is 1.85. The minimum Gasteiger partial charge on any atom is -0.373 e. The van der Waals surface area contributed by atoms with Crippen LogP contribution in [0.4, 0.5) is 0 Å². The largest absolute Gasteiger partial charge is 0.373 e. The van der Waals surface area contributed by atoms with Crippen molar-refractivity contribution in [3.8, 4) is 0 Å². The van der Waals surface area contributed by atoms with Crippen LogP contribution in [-0.4, -0.2) is 19.7 Å². The standard InChI is InChI=1S/C17H21NO/c1-18-11-13-9-16(10-13)19-12-15-7-4-6-14-5-2-3-8-17(14)15/h2-8,13,16,18H,9-12H2,1H3. The van der Waals surface area contributed by atoms with Gasteiger partial charge in [-0.2, -0.15) is 0 Å². The maximum Gasteiger partial charge on any atom is 0.0726 e. The number of rotatable bonds is 5. The molecular weight excluding hydrogens is 234 g/mol. The van der Waals surface area contributed by atoms with Crippen LogP contribution in [0.5, 0.6) is 0 Å². The highest BCUT2D eigenvalue weighted by Gasteiger charge is 2.29. The Labute approximate surface area is 114 Å². The first-order chi connectivity index (χ1) is 9.36. The molecule has 0 unspecified atom stereocenters. The number of nitrogens with one attached hydrogen (secondary N) is 1. The predicted molar refractivity (Wildman–Crippen MR) is 79.2 cm³/mol. The van der Waals surface area contributed by atoms with Crippen molar-refractivity contribution in [3.05, 3.63) is 48.0 Å². The maximum absolute atomic E-state index is 6.02. The fraction of sp³-hybridized carbons (Fsp3) is 0.412. The summed E-state index contributed by atoms with van der Waals surface area (Å²) in [6, 6.07) is 15.0. The molecule has 19 heavy (non-hydrogen) atoms. The van der Waals surface area contributed by atoms with Crippen LogP contribution in [0.2, 0.25) is 0 Å². The van der Waals surface area contributed by atoms with E-state index in [1.165, 1.54) is 29.2 Å². The van der Waals surface area contributed by atoms with Crippen LogP contribution in [0, 0.1) is 5.92 Å². The third-order valence-corrected chi connectivity index (χ3v) is 4.04. The van der Waals surface area contributed by atoms with Crippen molar-refractivity contribution in [1.82, 2.24) is 5.32 Å². The molecule has 1 fully saturated rings. The van der Waals surface area contributed by atoms with Crippen molar-refractivity contribution in [3.63, 3.8) is 0 Å². The second-order valence-electron chi connectivity index (χ2n) is 5.47. The van der Waals surface area contributed by atoms with Gasteiger partial charge in [0.25, 0.3) is 0 Å². The lowest BCUT2D eigenvalue weighted by atomic mass is 9.82. The molecule has 3 rings (SSSR count). The molecule has 100 valence electrons. The fourth-order valence-corrected chi connectivity index (χ4v) is 2.89. The Kier molecular flexibility index (Phi) is 3.81. The first-order valence-corrected chi connectivity index (χ1v) is 7.09. The zero-order chi connectivity index (χ0) is 13.1. The highest BCUT2D eigenvalue weighted by atomic mass is 16.5. The van der Waals surface area contributed by atoms with Gasteiger partial charge in [0.2, 0.25) is 0 Å². The summed E-state index contributed by atoms with van der Waals surface area (Å²) in [5, 5.41) is 5.84. The van der Waals surface area contributed by atoms with E-state index < -0.39 is 0 Å². The smallest absolute Gasteiger partial charge is 0.0726 e. The van der Waals surface area contributed by atoms with Crippen molar-refractivity contribution in [1.29, 1.82) is 0 Å². The van der Waals surface area contributed by atoms with Crippen molar-refractivity contribution >= 4 is 10.8 Å². The lowest BCUT2D eigenvalue weighted by Crippen LogP contribution is -2.36. The van der Waals surface area contributed by atoms with E-state index in [4.69, 9.17) is 4.74 Å². The third-order valence-electron chi connectivity index (χ3n) is 4.04. The van der Waals surface area contributed by atoms with Gasteiger partial charge in [0.15, 0.2) is 0 Å². The summed E-state index contributed by atoms with van der Waals surface area (Å²) in [5.41, 5.74) is 1.30. The Balaban J connectivity index is 1.60. The Morgan fingerprint density at radius 3 is 2.74 bits per heavy atom. The summed E-state index contributed by atoms with van der Waals surface area (Å²) >= 11 is 0. The molecule has 2 aromatic carbocycles. The van der Waals surface area contributed by atoms with E-state index in [1.807, 2.05) is 7.05 Å². The molecule has 2 heteroatoms. The van der Waals surface area contributed by atoms with Crippen molar-refractivity contribution in [2.45, 2.75) is 25.6 Å². The number of benzene rings is 2. The normalized spacial score (nSPS) is 22.4. The van der Waals surface area contributed by atoms with Gasteiger partial charge in [-0.3, -0.25) is 0 Å². The van der Waals surface area contributed by atoms with Crippen LogP contribution in [-0.2, 0) is 11.3 Å². The van der Waals surface area contributed by atoms with Gasteiger partial charge in [0, 0.05) is 0 Å². The minimum atomic E-state index is 0.456. The van der Waals surface area contributed by atoms with Gasteiger partial charge < -0.3 is 10.1 Å². The zero-order valence-corrected chi connectivity index (χ0v) is 11.4. The molecule has 0 radical (unpaired) electrons. The van der Waals surface area contributed by atoms with E-state index in [0.29, 0.717) is 6.10 Å². The van der Waals surface area contributed by atoms with Gasteiger partial charge in [-0.25, -0.2) is 0 Å². The topological polar surface area (TPSA) is 21.3 Å². The maximum atomic E-state index is 6.02. The Morgan fingerprint density at radius 2 is 1.89 bits per heavy atom. The molecule has 2 aromatic rings. The van der Waals surface area contributed by atoms with Crippen LogP contribution in [0.1, 0.15) is 18.4 Å². The molecule has 1 saturated carbocycles. The monoisotopic (exact) mass is 255 g/mol. The second-order valence-corrected chi connectivity index (χ2v) is 5.47. The average molecular weight is 255 g/mol. The molecule has 2 nitrogen and oxygen atoms in total. The number of fused-ring (bicyclic) bond motifs is 1. The molecule has 1 aliphatic rings. The van der Waals surface area contributed by atoms with Crippen molar-refractivity contribution in [2.24, 2.45) is 5.92 Å². The summed E-state index contributed by atoms with van der Waals surface area (Å²) in [6.07, 6.45) is 2.86. The molecule has 1 aliphatic carbocycles. The first kappa shape index (κ1) is 12.6. The van der Waals surface area contributed by atoms with Crippen LogP contribution in [0.3, 0.4) is 0 Å². The van der Waals surface area contributed by atoms with Gasteiger partial charge in [0.05, 0.1) is 12.7 Å². The van der Waals surface area contributed by atoms with Crippen molar-refractivity contribution in [2.75, 3.05) is 13.6 Å². The highest BCUT2D eigenvalue weighted by Crippen LogP contribution is 2.30. The summed E-state index contributed by atoms with van der Waals surface area (Å²) in [4.78, 5) is 0. The van der Waals surface area contributed by atoms with Gasteiger partial charge in [-0.15, -0.1) is 0 Å². The van der Waals surface area contributed by atoms with Gasteiger partial charge >= 0.3 is 0 Å². The lowest BCUT2D eigenvalue weighted by molar-refractivity contribution is -0.0387. The number of ether oxygens (including phenoxy) is 1. The predicted octanol–water partition coefficient (Wildman–Crippen LogP) is 3.35. The van der Waals surface area contributed by atoms with E-state index in [9.17, 15) is 0 Å². The summed E-state index contributed by atoms with van der Waals surface area (Å²) in [7, 11) is 2.02. The molecule has 1 N–H and O–H groups in total. The minimum absolute atomic E-state index is 0.456. The number of hydrogen-bond donors (Lipinski definition) is 1. The molecule has 0 spiro atoms. The molecule has 0 aromatic heterocycles. The van der Waals surface area contributed by atoms with Crippen molar-refractivity contribution < 1.29 is 4.74 Å². The number of hydrogen-bond acceptors (Lipinski definition) is 2. The van der Waals surface area contributed by atoms with Crippen LogP contribution >= 0.6 is 0 Å². The van der Waals surface area contributed by atoms with E-state index in [-0.39, 0.29) is 0 Å². The van der Waals surface area contributed by atoms with Crippen LogP contribution < -0.4 is 5.32 Å². The zero-order valence-electron chi connectivity index (χ0n) is 11.4. The quantitative estimate of drug-likeness (QED) is 0.884. The molecule has 0 atom stereocenters. The van der Waals surface area contributed by atoms with E-state index in [2.05, 4.69) is 47.8 Å². The van der Waals surface area contributed by atoms with Gasteiger partial charge in [0.1, 0.15) is 0 Å². The van der Waals surface area contributed by atoms with E-state index >= 15 is 0 Å². The third kappa shape index (κ3) is 2.80. The van der Waals surface area contributed by atoms with Gasteiger partial charge in [-0.1, -0.05) is 42.5 Å². The van der Waals surface area contributed by atoms with Crippen LogP contribution in [0.25, 0.3) is 10.8 Å². The molecule has 0 amide bonds. The Bertz CT molecular complexity index is 540. The Hall–Kier alpha value is -1.38. The highest BCUT2D eigenvalue weighted by molar-refractivity contribution is 5.85. The van der Waals surface area contributed by atoms with E-state index in [0.717, 1.165) is 19.1 Å². The lowest BCUT2D eigenvalue weighted by Gasteiger charge is -2.35. The van der Waals surface area contributed by atoms with Crippen LogP contribution in [0.15, 0.2) is 42.5 Å². The molecular formula is C17H21NO. The molecule has 0 saturated heterocycles. The molecule has 0 aliphatic heterocycles. The van der Waals surface area contributed by atoms with E-state index in [1.54, 1.807) is 0 Å². The first-order valence-electron chi connectivity index (χ1n) is 7.09. The molecule has 0 bridgehead atoms. The Morgan fingerprint density at radius 1 is 1.11 bits per heavy atom.